The van der Waals surface area contributed by atoms with Crippen LogP contribution in [0.4, 0.5) is 10.1 Å². The van der Waals surface area contributed by atoms with E-state index in [9.17, 15) is 14.0 Å². The molecule has 5 heteroatoms. The molecule has 0 aliphatic rings. The largest absolute Gasteiger partial charge is 0.310 e. The highest BCUT2D eigenvalue weighted by Crippen LogP contribution is 2.17. The summed E-state index contributed by atoms with van der Waals surface area (Å²) in [6.07, 6.45) is 3.39. The molecule has 0 fully saturated rings. The van der Waals surface area contributed by atoms with Gasteiger partial charge in [0.25, 0.3) is 11.5 Å². The van der Waals surface area contributed by atoms with Gasteiger partial charge in [-0.15, -0.1) is 0 Å². The molecule has 0 bridgehead atoms. The number of amides is 1. The minimum atomic E-state index is -0.380. The van der Waals surface area contributed by atoms with Crippen molar-refractivity contribution < 1.29 is 9.18 Å². The molecule has 0 aliphatic heterocycles. The second-order valence-corrected chi connectivity index (χ2v) is 6.63. The van der Waals surface area contributed by atoms with Crippen molar-refractivity contribution in [2.45, 2.75) is 26.3 Å². The maximum Gasteiger partial charge on any atom is 0.263 e. The molecular weight excluding hydrogens is 355 g/mol. The molecule has 0 saturated carbocycles. The molecular formula is C23H23FN2O2. The van der Waals surface area contributed by atoms with Gasteiger partial charge in [-0.25, -0.2) is 4.39 Å². The van der Waals surface area contributed by atoms with Gasteiger partial charge >= 0.3 is 0 Å². The van der Waals surface area contributed by atoms with E-state index < -0.39 is 0 Å². The summed E-state index contributed by atoms with van der Waals surface area (Å²) in [5.74, 6) is -0.675. The third kappa shape index (κ3) is 4.55. The number of aromatic nitrogens is 1. The average Bonchev–Trinajstić information content (AvgIpc) is 2.70. The number of hydrogen-bond acceptors (Lipinski definition) is 2. The fourth-order valence-corrected chi connectivity index (χ4v) is 3.07. The fourth-order valence-electron chi connectivity index (χ4n) is 3.07. The number of pyridine rings is 1. The second kappa shape index (κ2) is 9.13. The van der Waals surface area contributed by atoms with E-state index in [-0.39, 0.29) is 29.4 Å². The highest BCUT2D eigenvalue weighted by Gasteiger charge is 2.20. The normalized spacial score (nSPS) is 10.6. The number of hydrogen-bond donors (Lipinski definition) is 0. The van der Waals surface area contributed by atoms with Crippen molar-refractivity contribution in [2.75, 3.05) is 11.4 Å². The number of para-hydroxylation sites is 1. The Morgan fingerprint density at radius 1 is 1.04 bits per heavy atom. The van der Waals surface area contributed by atoms with Gasteiger partial charge in [-0.1, -0.05) is 43.7 Å². The molecule has 0 spiro atoms. The summed E-state index contributed by atoms with van der Waals surface area (Å²) in [4.78, 5) is 27.8. The Kier molecular flexibility index (Phi) is 6.37. The van der Waals surface area contributed by atoms with E-state index in [1.54, 1.807) is 35.4 Å². The number of unbranched alkanes of at least 4 members (excludes halogenated alkanes) is 1. The van der Waals surface area contributed by atoms with Gasteiger partial charge in [-0.05, 0) is 48.4 Å². The van der Waals surface area contributed by atoms with Crippen LogP contribution in [-0.2, 0) is 6.54 Å². The van der Waals surface area contributed by atoms with Crippen molar-refractivity contribution in [3.63, 3.8) is 0 Å². The topological polar surface area (TPSA) is 42.3 Å². The summed E-state index contributed by atoms with van der Waals surface area (Å²) < 4.78 is 14.9. The third-order valence-electron chi connectivity index (χ3n) is 4.54. The highest BCUT2D eigenvalue weighted by molar-refractivity contribution is 6.05. The molecule has 2 aromatic carbocycles. The van der Waals surface area contributed by atoms with Crippen LogP contribution in [0, 0.1) is 5.82 Å². The van der Waals surface area contributed by atoms with Crippen LogP contribution in [0.5, 0.6) is 0 Å². The maximum atomic E-state index is 13.4. The Balaban J connectivity index is 1.93. The van der Waals surface area contributed by atoms with Crippen molar-refractivity contribution >= 4 is 11.6 Å². The fraction of sp³-hybridized carbons (Fsp3) is 0.217. The summed E-state index contributed by atoms with van der Waals surface area (Å²) in [6.45, 7) is 2.80. The first kappa shape index (κ1) is 19.5. The van der Waals surface area contributed by atoms with Crippen LogP contribution >= 0.6 is 0 Å². The zero-order chi connectivity index (χ0) is 19.9. The van der Waals surface area contributed by atoms with Gasteiger partial charge in [0.2, 0.25) is 0 Å². The van der Waals surface area contributed by atoms with Gasteiger partial charge in [0.15, 0.2) is 0 Å². The van der Waals surface area contributed by atoms with E-state index in [2.05, 4.69) is 6.92 Å². The van der Waals surface area contributed by atoms with Crippen LogP contribution in [0.3, 0.4) is 0 Å². The van der Waals surface area contributed by atoms with Crippen LogP contribution in [0.15, 0.2) is 77.7 Å². The molecule has 0 radical (unpaired) electrons. The van der Waals surface area contributed by atoms with Crippen molar-refractivity contribution in [3.05, 3.63) is 100 Å². The van der Waals surface area contributed by atoms with Gasteiger partial charge < -0.3 is 9.47 Å². The number of benzene rings is 2. The van der Waals surface area contributed by atoms with Gasteiger partial charge in [0.1, 0.15) is 11.4 Å². The van der Waals surface area contributed by atoms with Crippen molar-refractivity contribution in [3.8, 4) is 0 Å². The minimum Gasteiger partial charge on any atom is -0.310 e. The maximum absolute atomic E-state index is 13.4. The lowest BCUT2D eigenvalue weighted by Crippen LogP contribution is -2.37. The molecule has 144 valence electrons. The monoisotopic (exact) mass is 378 g/mol. The lowest BCUT2D eigenvalue weighted by molar-refractivity contribution is 0.0984. The van der Waals surface area contributed by atoms with Crippen LogP contribution in [0.1, 0.15) is 35.7 Å². The Bertz CT molecular complexity index is 999. The zero-order valence-electron chi connectivity index (χ0n) is 15.8. The van der Waals surface area contributed by atoms with E-state index in [0.717, 1.165) is 18.5 Å². The number of rotatable bonds is 7. The van der Waals surface area contributed by atoms with E-state index >= 15 is 0 Å². The van der Waals surface area contributed by atoms with Crippen LogP contribution in [0.2, 0.25) is 0 Å². The van der Waals surface area contributed by atoms with Gasteiger partial charge in [0, 0.05) is 18.4 Å². The minimum absolute atomic E-state index is 0.110. The molecule has 0 atom stereocenters. The summed E-state index contributed by atoms with van der Waals surface area (Å²) in [5, 5.41) is 0. The molecule has 1 heterocycles. The third-order valence-corrected chi connectivity index (χ3v) is 4.54. The van der Waals surface area contributed by atoms with Crippen molar-refractivity contribution in [1.29, 1.82) is 0 Å². The highest BCUT2D eigenvalue weighted by atomic mass is 19.1. The Labute approximate surface area is 163 Å². The van der Waals surface area contributed by atoms with E-state index in [4.69, 9.17) is 0 Å². The molecule has 3 rings (SSSR count). The van der Waals surface area contributed by atoms with Gasteiger partial charge in [0.05, 0.1) is 6.54 Å². The lowest BCUT2D eigenvalue weighted by atomic mass is 10.1. The SMILES string of the molecule is CCCCN(C(=O)c1cccn(Cc2cccc(F)c2)c1=O)c1ccccc1. The average molecular weight is 378 g/mol. The zero-order valence-corrected chi connectivity index (χ0v) is 15.8. The van der Waals surface area contributed by atoms with E-state index in [1.807, 2.05) is 30.3 Å². The molecule has 1 amide bonds. The standard InChI is InChI=1S/C23H23FN2O2/c1-2-3-15-26(20-11-5-4-6-12-20)23(28)21-13-8-14-25(22(21)27)17-18-9-7-10-19(24)16-18/h4-14,16H,2-3,15,17H2,1H3. The van der Waals surface area contributed by atoms with Crippen LogP contribution < -0.4 is 10.5 Å². The molecule has 0 saturated heterocycles. The van der Waals surface area contributed by atoms with E-state index in [0.29, 0.717) is 12.1 Å². The molecule has 3 aromatic rings. The molecule has 0 aliphatic carbocycles. The predicted molar refractivity (Wildman–Crippen MR) is 109 cm³/mol. The molecule has 28 heavy (non-hydrogen) atoms. The Morgan fingerprint density at radius 3 is 2.54 bits per heavy atom. The number of carbonyl (C=O) groups is 1. The number of anilines is 1. The molecule has 4 nitrogen and oxygen atoms in total. The molecule has 1 aromatic heterocycles. The van der Waals surface area contributed by atoms with Crippen LogP contribution in [-0.4, -0.2) is 17.0 Å². The van der Waals surface area contributed by atoms with Crippen molar-refractivity contribution in [2.24, 2.45) is 0 Å². The van der Waals surface area contributed by atoms with Crippen LogP contribution in [0.25, 0.3) is 0 Å². The van der Waals surface area contributed by atoms with E-state index in [1.165, 1.54) is 16.7 Å². The lowest BCUT2D eigenvalue weighted by Gasteiger charge is -2.23. The predicted octanol–water partition coefficient (Wildman–Crippen LogP) is 4.48. The number of halogens is 1. The number of carbonyl (C=O) groups excluding carboxylic acids is 1. The first-order valence-corrected chi connectivity index (χ1v) is 9.41. The summed E-state index contributed by atoms with van der Waals surface area (Å²) in [6, 6.07) is 18.7. The van der Waals surface area contributed by atoms with Gasteiger partial charge in [-0.3, -0.25) is 9.59 Å². The van der Waals surface area contributed by atoms with Crippen molar-refractivity contribution in [1.82, 2.24) is 4.57 Å². The summed E-state index contributed by atoms with van der Waals surface area (Å²) in [5.41, 5.74) is 1.16. The first-order chi connectivity index (χ1) is 13.6. The first-order valence-electron chi connectivity index (χ1n) is 9.41. The Hall–Kier alpha value is -3.21. The second-order valence-electron chi connectivity index (χ2n) is 6.63. The van der Waals surface area contributed by atoms with Gasteiger partial charge in [-0.2, -0.15) is 0 Å². The summed E-state index contributed by atoms with van der Waals surface area (Å²) >= 11 is 0. The molecule has 0 N–H and O–H groups in total. The summed E-state index contributed by atoms with van der Waals surface area (Å²) in [7, 11) is 0. The molecule has 0 unspecified atom stereocenters. The smallest absolute Gasteiger partial charge is 0.263 e. The quantitative estimate of drug-likeness (QED) is 0.608. The Morgan fingerprint density at radius 2 is 1.82 bits per heavy atom. The number of nitrogens with zero attached hydrogens (tertiary/aromatic N) is 2.